The summed E-state index contributed by atoms with van der Waals surface area (Å²) < 4.78 is 15.7. The number of hydrogen-bond donors (Lipinski definition) is 0. The van der Waals surface area contributed by atoms with E-state index in [1.165, 1.54) is 10.7 Å². The van der Waals surface area contributed by atoms with Gasteiger partial charge in [-0.3, -0.25) is 9.78 Å². The van der Waals surface area contributed by atoms with Crippen LogP contribution in [-0.4, -0.2) is 63.2 Å². The molecule has 2 aromatic heterocycles. The molecule has 3 aromatic rings. The molecule has 1 aromatic carbocycles. The number of carbonyl (C=O) groups excluding carboxylic acids is 1. The summed E-state index contributed by atoms with van der Waals surface area (Å²) in [6.45, 7) is 4.71. The van der Waals surface area contributed by atoms with E-state index in [2.05, 4.69) is 21.0 Å². The molecule has 7 heteroatoms. The van der Waals surface area contributed by atoms with Crippen molar-refractivity contribution in [2.45, 2.75) is 32.2 Å². The minimum absolute atomic E-state index is 0.0629. The third-order valence-corrected chi connectivity index (χ3v) is 6.16. The maximum atomic E-state index is 14.2. The number of halogens is 1. The highest BCUT2D eigenvalue weighted by molar-refractivity contribution is 5.95. The molecule has 0 spiro atoms. The van der Waals surface area contributed by atoms with Crippen LogP contribution in [0.3, 0.4) is 0 Å². The molecule has 1 saturated heterocycles. The Morgan fingerprint density at radius 3 is 2.61 bits per heavy atom. The molecule has 1 aliphatic rings. The SMILES string of the molecule is Cc1c(C(=O)N(C)C2CCN(CCc3ccccn3)CC2)cnn1-c1ccccc1F. The van der Waals surface area contributed by atoms with Gasteiger partial charge in [-0.1, -0.05) is 18.2 Å². The molecule has 0 saturated carbocycles. The first-order chi connectivity index (χ1) is 15.0. The van der Waals surface area contributed by atoms with Gasteiger partial charge in [-0.2, -0.15) is 5.10 Å². The largest absolute Gasteiger partial charge is 0.339 e. The second kappa shape index (κ2) is 9.39. The van der Waals surface area contributed by atoms with Crippen molar-refractivity contribution in [1.29, 1.82) is 0 Å². The first-order valence-electron chi connectivity index (χ1n) is 10.7. The molecule has 0 bridgehead atoms. The zero-order valence-electron chi connectivity index (χ0n) is 18.0. The van der Waals surface area contributed by atoms with Crippen molar-refractivity contribution in [1.82, 2.24) is 24.6 Å². The molecular weight excluding hydrogens is 393 g/mol. The molecule has 162 valence electrons. The molecular formula is C24H28FN5O. The van der Waals surface area contributed by atoms with Gasteiger partial charge in [0.15, 0.2) is 0 Å². The van der Waals surface area contributed by atoms with E-state index in [4.69, 9.17) is 0 Å². The molecule has 0 atom stereocenters. The predicted octanol–water partition coefficient (Wildman–Crippen LogP) is 3.49. The van der Waals surface area contributed by atoms with E-state index >= 15 is 0 Å². The van der Waals surface area contributed by atoms with E-state index in [-0.39, 0.29) is 17.8 Å². The average Bonchev–Trinajstić information content (AvgIpc) is 3.19. The Balaban J connectivity index is 1.36. The van der Waals surface area contributed by atoms with Crippen LogP contribution in [0.25, 0.3) is 5.69 Å². The fourth-order valence-corrected chi connectivity index (χ4v) is 4.19. The van der Waals surface area contributed by atoms with Gasteiger partial charge in [0, 0.05) is 51.0 Å². The van der Waals surface area contributed by atoms with Crippen LogP contribution in [0.1, 0.15) is 34.6 Å². The van der Waals surface area contributed by atoms with Gasteiger partial charge < -0.3 is 9.80 Å². The van der Waals surface area contributed by atoms with Crippen molar-refractivity contribution >= 4 is 5.91 Å². The summed E-state index contributed by atoms with van der Waals surface area (Å²) in [7, 11) is 1.86. The molecule has 31 heavy (non-hydrogen) atoms. The molecule has 0 aliphatic carbocycles. The van der Waals surface area contributed by atoms with Gasteiger partial charge in [0.05, 0.1) is 17.5 Å². The zero-order valence-corrected chi connectivity index (χ0v) is 18.0. The van der Waals surface area contributed by atoms with Crippen LogP contribution in [0.2, 0.25) is 0 Å². The van der Waals surface area contributed by atoms with Crippen molar-refractivity contribution in [3.05, 3.63) is 77.6 Å². The molecule has 3 heterocycles. The first kappa shape index (κ1) is 21.2. The smallest absolute Gasteiger partial charge is 0.257 e. The van der Waals surface area contributed by atoms with Gasteiger partial charge in [-0.05, 0) is 44.0 Å². The van der Waals surface area contributed by atoms with Crippen molar-refractivity contribution < 1.29 is 9.18 Å². The van der Waals surface area contributed by atoms with Gasteiger partial charge in [-0.25, -0.2) is 9.07 Å². The molecule has 6 nitrogen and oxygen atoms in total. The summed E-state index contributed by atoms with van der Waals surface area (Å²) in [4.78, 5) is 21.8. The van der Waals surface area contributed by atoms with Gasteiger partial charge >= 0.3 is 0 Å². The highest BCUT2D eigenvalue weighted by Gasteiger charge is 2.28. The third-order valence-electron chi connectivity index (χ3n) is 6.16. The number of hydrogen-bond acceptors (Lipinski definition) is 4. The van der Waals surface area contributed by atoms with E-state index in [0.717, 1.165) is 44.6 Å². The van der Waals surface area contributed by atoms with Crippen LogP contribution in [0.5, 0.6) is 0 Å². The predicted molar refractivity (Wildman–Crippen MR) is 118 cm³/mol. The van der Waals surface area contributed by atoms with Crippen molar-refractivity contribution in [2.75, 3.05) is 26.7 Å². The highest BCUT2D eigenvalue weighted by Crippen LogP contribution is 2.21. The van der Waals surface area contributed by atoms with Crippen LogP contribution >= 0.6 is 0 Å². The van der Waals surface area contributed by atoms with Crippen LogP contribution in [0, 0.1) is 12.7 Å². The monoisotopic (exact) mass is 421 g/mol. The van der Waals surface area contributed by atoms with Crippen LogP contribution < -0.4 is 0 Å². The molecule has 0 unspecified atom stereocenters. The second-order valence-corrected chi connectivity index (χ2v) is 8.07. The van der Waals surface area contributed by atoms with Crippen molar-refractivity contribution in [3.8, 4) is 5.69 Å². The second-order valence-electron chi connectivity index (χ2n) is 8.07. The average molecular weight is 422 g/mol. The summed E-state index contributed by atoms with van der Waals surface area (Å²) >= 11 is 0. The number of nitrogens with zero attached hydrogens (tertiary/aromatic N) is 5. The lowest BCUT2D eigenvalue weighted by Gasteiger charge is -2.36. The minimum atomic E-state index is -0.362. The maximum Gasteiger partial charge on any atom is 0.257 e. The summed E-state index contributed by atoms with van der Waals surface area (Å²) in [5, 5.41) is 4.28. The van der Waals surface area contributed by atoms with Gasteiger partial charge in [-0.15, -0.1) is 0 Å². The number of likely N-dealkylation sites (tertiary alicyclic amines) is 1. The quantitative estimate of drug-likeness (QED) is 0.611. The Labute approximate surface area is 182 Å². The normalized spacial score (nSPS) is 15.2. The maximum absolute atomic E-state index is 14.2. The van der Waals surface area contributed by atoms with E-state index in [1.54, 1.807) is 31.3 Å². The lowest BCUT2D eigenvalue weighted by atomic mass is 10.0. The first-order valence-corrected chi connectivity index (χ1v) is 10.7. The molecule has 1 aliphatic heterocycles. The highest BCUT2D eigenvalue weighted by atomic mass is 19.1. The van der Waals surface area contributed by atoms with Crippen LogP contribution in [0.15, 0.2) is 54.9 Å². The Bertz CT molecular complexity index is 1030. The Hall–Kier alpha value is -3.06. The summed E-state index contributed by atoms with van der Waals surface area (Å²) in [6, 6.07) is 12.7. The number of pyridine rings is 1. The molecule has 4 rings (SSSR count). The lowest BCUT2D eigenvalue weighted by molar-refractivity contribution is 0.0642. The van der Waals surface area contributed by atoms with E-state index < -0.39 is 0 Å². The molecule has 0 N–H and O–H groups in total. The minimum Gasteiger partial charge on any atom is -0.339 e. The number of aromatic nitrogens is 3. The number of benzene rings is 1. The molecule has 1 amide bonds. The lowest BCUT2D eigenvalue weighted by Crippen LogP contribution is -2.46. The van der Waals surface area contributed by atoms with Crippen LogP contribution in [0.4, 0.5) is 4.39 Å². The Morgan fingerprint density at radius 2 is 1.90 bits per heavy atom. The Morgan fingerprint density at radius 1 is 1.16 bits per heavy atom. The van der Waals surface area contributed by atoms with E-state index in [1.807, 2.05) is 30.3 Å². The zero-order chi connectivity index (χ0) is 21.8. The Kier molecular flexibility index (Phi) is 6.42. The number of amides is 1. The fourth-order valence-electron chi connectivity index (χ4n) is 4.19. The van der Waals surface area contributed by atoms with Crippen molar-refractivity contribution in [2.24, 2.45) is 0 Å². The van der Waals surface area contributed by atoms with Crippen molar-refractivity contribution in [3.63, 3.8) is 0 Å². The summed E-state index contributed by atoms with van der Waals surface area (Å²) in [6.07, 6.45) is 6.19. The number of carbonyl (C=O) groups is 1. The number of para-hydroxylation sites is 1. The van der Waals surface area contributed by atoms with E-state index in [0.29, 0.717) is 16.9 Å². The fraction of sp³-hybridized carbons (Fsp3) is 0.375. The number of piperidine rings is 1. The third kappa shape index (κ3) is 4.66. The van der Waals surface area contributed by atoms with Gasteiger partial charge in [0.1, 0.15) is 11.5 Å². The van der Waals surface area contributed by atoms with E-state index in [9.17, 15) is 9.18 Å². The van der Waals surface area contributed by atoms with Crippen LogP contribution in [-0.2, 0) is 6.42 Å². The number of rotatable bonds is 6. The summed E-state index contributed by atoms with van der Waals surface area (Å²) in [5.41, 5.74) is 2.63. The van der Waals surface area contributed by atoms with Gasteiger partial charge in [0.25, 0.3) is 5.91 Å². The summed E-state index contributed by atoms with van der Waals surface area (Å²) in [5.74, 6) is -0.425. The van der Waals surface area contributed by atoms with Gasteiger partial charge in [0.2, 0.25) is 0 Å². The molecule has 1 fully saturated rings. The topological polar surface area (TPSA) is 54.3 Å². The standard InChI is InChI=1S/C24H28FN5O/c1-18-21(17-27-30(18)23-9-4-3-8-22(23)25)24(31)28(2)20-11-15-29(16-12-20)14-10-19-7-5-6-13-26-19/h3-9,13,17,20H,10-12,14-16H2,1-2H3. The molecule has 0 radical (unpaired) electrons.